The van der Waals surface area contributed by atoms with E-state index in [0.717, 1.165) is 24.3 Å². The van der Waals surface area contributed by atoms with Crippen LogP contribution < -0.4 is 4.74 Å². The minimum absolute atomic E-state index is 0.0306. The van der Waals surface area contributed by atoms with Gasteiger partial charge in [-0.05, 0) is 42.8 Å². The first kappa shape index (κ1) is 20.4. The number of carboxylic acid groups (broad SMARTS) is 1. The molecule has 0 aliphatic rings. The molecule has 0 aliphatic carbocycles. The third-order valence-electron chi connectivity index (χ3n) is 4.80. The van der Waals surface area contributed by atoms with Gasteiger partial charge in [-0.1, -0.05) is 30.3 Å². The fourth-order valence-electron chi connectivity index (χ4n) is 3.46. The molecule has 0 unspecified atom stereocenters. The molecular weight excluding hydrogens is 407 g/mol. The van der Waals surface area contributed by atoms with E-state index < -0.39 is 29.0 Å². The molecule has 156 valence electrons. The van der Waals surface area contributed by atoms with Gasteiger partial charge in [0, 0.05) is 10.9 Å². The van der Waals surface area contributed by atoms with Crippen LogP contribution in [0.15, 0.2) is 60.7 Å². The summed E-state index contributed by atoms with van der Waals surface area (Å²) in [6, 6.07) is 14.2. The molecular formula is C24H16F3NO3. The number of carboxylic acids is 1. The normalized spacial score (nSPS) is 11.0. The van der Waals surface area contributed by atoms with E-state index in [-0.39, 0.29) is 40.1 Å². The summed E-state index contributed by atoms with van der Waals surface area (Å²) in [7, 11) is 0. The van der Waals surface area contributed by atoms with Crippen molar-refractivity contribution in [2.75, 3.05) is 6.61 Å². The standard InChI is InChI=1S/C24H16F3NO3/c1-2-31-23-15(13-6-4-3-5-7-13)11-18(26)21(22(23)27)20-12-17(24(29)30)16-10-14(25)8-9-19(16)28-20/h3-12H,2H2,1H3,(H,29,30). The number of nitrogens with zero attached hydrogens (tertiary/aromatic N) is 1. The second kappa shape index (κ2) is 8.10. The van der Waals surface area contributed by atoms with Gasteiger partial charge in [-0.25, -0.2) is 22.9 Å². The topological polar surface area (TPSA) is 59.4 Å². The van der Waals surface area contributed by atoms with Gasteiger partial charge in [0.05, 0.1) is 28.9 Å². The zero-order valence-corrected chi connectivity index (χ0v) is 16.3. The van der Waals surface area contributed by atoms with E-state index in [2.05, 4.69) is 4.98 Å². The highest BCUT2D eigenvalue weighted by atomic mass is 19.1. The van der Waals surface area contributed by atoms with Crippen LogP contribution in [0.3, 0.4) is 0 Å². The van der Waals surface area contributed by atoms with Crippen LogP contribution in [0.4, 0.5) is 13.2 Å². The highest BCUT2D eigenvalue weighted by molar-refractivity contribution is 6.03. The van der Waals surface area contributed by atoms with Crippen LogP contribution in [-0.4, -0.2) is 22.7 Å². The third-order valence-corrected chi connectivity index (χ3v) is 4.80. The minimum atomic E-state index is -1.37. The van der Waals surface area contributed by atoms with Gasteiger partial charge in [-0.3, -0.25) is 0 Å². The first-order valence-electron chi connectivity index (χ1n) is 9.45. The van der Waals surface area contributed by atoms with Crippen LogP contribution in [0.1, 0.15) is 17.3 Å². The van der Waals surface area contributed by atoms with E-state index in [9.17, 15) is 14.3 Å². The van der Waals surface area contributed by atoms with Crippen molar-refractivity contribution < 1.29 is 27.8 Å². The van der Waals surface area contributed by atoms with Crippen LogP contribution in [0.5, 0.6) is 5.75 Å². The summed E-state index contributed by atoms with van der Waals surface area (Å²) in [6.07, 6.45) is 0. The Kier molecular flexibility index (Phi) is 5.33. The monoisotopic (exact) mass is 423 g/mol. The number of aromatic carboxylic acids is 1. The predicted molar refractivity (Wildman–Crippen MR) is 111 cm³/mol. The van der Waals surface area contributed by atoms with E-state index in [4.69, 9.17) is 4.74 Å². The summed E-state index contributed by atoms with van der Waals surface area (Å²) >= 11 is 0. The van der Waals surface area contributed by atoms with Crippen molar-refractivity contribution in [2.45, 2.75) is 6.92 Å². The number of halogens is 3. The van der Waals surface area contributed by atoms with E-state index in [1.807, 2.05) is 0 Å². The van der Waals surface area contributed by atoms with Crippen molar-refractivity contribution in [2.24, 2.45) is 0 Å². The highest BCUT2D eigenvalue weighted by Crippen LogP contribution is 2.40. The zero-order chi connectivity index (χ0) is 22.1. The Hall–Kier alpha value is -3.87. The molecule has 0 fully saturated rings. The lowest BCUT2D eigenvalue weighted by molar-refractivity contribution is 0.0699. The van der Waals surface area contributed by atoms with E-state index in [0.29, 0.717) is 5.56 Å². The summed E-state index contributed by atoms with van der Waals surface area (Å²) in [6.45, 7) is 1.80. The molecule has 0 saturated heterocycles. The van der Waals surface area contributed by atoms with Crippen molar-refractivity contribution >= 4 is 16.9 Å². The summed E-state index contributed by atoms with van der Waals surface area (Å²) < 4.78 is 49.8. The van der Waals surface area contributed by atoms with Crippen molar-refractivity contribution in [3.05, 3.63) is 83.7 Å². The van der Waals surface area contributed by atoms with E-state index in [1.54, 1.807) is 37.3 Å². The Bertz CT molecular complexity index is 1310. The average Bonchev–Trinajstić information content (AvgIpc) is 2.75. The molecule has 0 aliphatic heterocycles. The highest BCUT2D eigenvalue weighted by Gasteiger charge is 2.24. The molecule has 3 aromatic carbocycles. The summed E-state index contributed by atoms with van der Waals surface area (Å²) in [5.41, 5.74) is -0.182. The molecule has 1 aromatic heterocycles. The van der Waals surface area contributed by atoms with Gasteiger partial charge >= 0.3 is 5.97 Å². The molecule has 1 heterocycles. The summed E-state index contributed by atoms with van der Waals surface area (Å²) in [4.78, 5) is 15.9. The Labute approximate surface area is 175 Å². The number of pyridine rings is 1. The number of ether oxygens (including phenoxy) is 1. The minimum Gasteiger partial charge on any atom is -0.490 e. The van der Waals surface area contributed by atoms with Crippen molar-refractivity contribution in [1.82, 2.24) is 4.98 Å². The Morgan fingerprint density at radius 3 is 2.45 bits per heavy atom. The first-order chi connectivity index (χ1) is 14.9. The first-order valence-corrected chi connectivity index (χ1v) is 9.45. The fourth-order valence-corrected chi connectivity index (χ4v) is 3.46. The van der Waals surface area contributed by atoms with Gasteiger partial charge in [-0.15, -0.1) is 0 Å². The van der Waals surface area contributed by atoms with Crippen LogP contribution in [-0.2, 0) is 0 Å². The van der Waals surface area contributed by atoms with Crippen molar-refractivity contribution in [3.63, 3.8) is 0 Å². The maximum atomic E-state index is 15.5. The Balaban J connectivity index is 2.01. The van der Waals surface area contributed by atoms with Gasteiger partial charge in [0.15, 0.2) is 11.6 Å². The summed E-state index contributed by atoms with van der Waals surface area (Å²) in [5, 5.41) is 9.58. The molecule has 0 bridgehead atoms. The molecule has 4 rings (SSSR count). The van der Waals surface area contributed by atoms with Gasteiger partial charge in [0.2, 0.25) is 0 Å². The van der Waals surface area contributed by atoms with Crippen LogP contribution in [0.25, 0.3) is 33.3 Å². The van der Waals surface area contributed by atoms with Crippen molar-refractivity contribution in [3.8, 4) is 28.1 Å². The second-order valence-electron chi connectivity index (χ2n) is 6.74. The molecule has 31 heavy (non-hydrogen) atoms. The molecule has 1 N–H and O–H groups in total. The number of hydrogen-bond acceptors (Lipinski definition) is 3. The second-order valence-corrected chi connectivity index (χ2v) is 6.74. The molecule has 0 saturated carbocycles. The lowest BCUT2D eigenvalue weighted by atomic mass is 9.98. The van der Waals surface area contributed by atoms with E-state index >= 15 is 8.78 Å². The van der Waals surface area contributed by atoms with Crippen LogP contribution >= 0.6 is 0 Å². The predicted octanol–water partition coefficient (Wildman–Crippen LogP) is 6.08. The zero-order valence-electron chi connectivity index (χ0n) is 16.3. The smallest absolute Gasteiger partial charge is 0.336 e. The van der Waals surface area contributed by atoms with Gasteiger partial charge in [0.1, 0.15) is 11.6 Å². The number of fused-ring (bicyclic) bond motifs is 1. The molecule has 0 atom stereocenters. The maximum absolute atomic E-state index is 15.5. The van der Waals surface area contributed by atoms with Gasteiger partial charge < -0.3 is 9.84 Å². The maximum Gasteiger partial charge on any atom is 0.336 e. The van der Waals surface area contributed by atoms with Crippen LogP contribution in [0.2, 0.25) is 0 Å². The molecule has 0 spiro atoms. The Morgan fingerprint density at radius 2 is 1.77 bits per heavy atom. The quantitative estimate of drug-likeness (QED) is 0.422. The number of aromatic nitrogens is 1. The SMILES string of the molecule is CCOc1c(-c2ccccc2)cc(F)c(-c2cc(C(=O)O)c3cc(F)ccc3n2)c1F. The summed E-state index contributed by atoms with van der Waals surface area (Å²) in [5.74, 6) is -4.10. The van der Waals surface area contributed by atoms with Gasteiger partial charge in [0.25, 0.3) is 0 Å². The van der Waals surface area contributed by atoms with E-state index in [1.165, 1.54) is 6.07 Å². The van der Waals surface area contributed by atoms with Gasteiger partial charge in [-0.2, -0.15) is 0 Å². The lowest BCUT2D eigenvalue weighted by Crippen LogP contribution is -2.05. The Morgan fingerprint density at radius 1 is 1.03 bits per heavy atom. The largest absolute Gasteiger partial charge is 0.490 e. The average molecular weight is 423 g/mol. The third kappa shape index (κ3) is 3.70. The number of benzene rings is 3. The molecule has 0 amide bonds. The van der Waals surface area contributed by atoms with Crippen molar-refractivity contribution in [1.29, 1.82) is 0 Å². The molecule has 7 heteroatoms. The number of rotatable bonds is 5. The van der Waals surface area contributed by atoms with Crippen LogP contribution in [0, 0.1) is 17.5 Å². The lowest BCUT2D eigenvalue weighted by Gasteiger charge is -2.16. The number of hydrogen-bond donors (Lipinski definition) is 1. The fraction of sp³-hybridized carbons (Fsp3) is 0.0833. The number of carbonyl (C=O) groups is 1. The molecule has 4 aromatic rings. The molecule has 0 radical (unpaired) electrons. The molecule has 4 nitrogen and oxygen atoms in total.